The van der Waals surface area contributed by atoms with E-state index in [9.17, 15) is 14.0 Å². The van der Waals surface area contributed by atoms with Crippen LogP contribution in [0.2, 0.25) is 10.0 Å². The maximum atomic E-state index is 12.8. The Morgan fingerprint density at radius 1 is 1.04 bits per heavy atom. The molecule has 0 aromatic heterocycles. The van der Waals surface area contributed by atoms with E-state index in [4.69, 9.17) is 23.2 Å². The van der Waals surface area contributed by atoms with E-state index in [1.165, 1.54) is 12.1 Å². The first-order valence-electron chi connectivity index (χ1n) is 7.72. The first-order valence-corrected chi connectivity index (χ1v) is 8.48. The average Bonchev–Trinajstić information content (AvgIpc) is 3.39. The number of carbonyl (C=O) groups excluding carboxylic acids is 2. The Balaban J connectivity index is 1.51. The maximum absolute atomic E-state index is 12.8. The summed E-state index contributed by atoms with van der Waals surface area (Å²) in [6.45, 7) is 0.296. The number of carbonyl (C=O) groups is 2. The minimum Gasteiger partial charge on any atom is -0.352 e. The van der Waals surface area contributed by atoms with E-state index < -0.39 is 0 Å². The molecule has 1 saturated carbocycles. The molecule has 1 aliphatic carbocycles. The molecule has 2 N–H and O–H groups in total. The molecule has 4 nitrogen and oxygen atoms in total. The van der Waals surface area contributed by atoms with Gasteiger partial charge in [0, 0.05) is 6.54 Å². The number of hydrogen-bond acceptors (Lipinski definition) is 2. The fourth-order valence-electron chi connectivity index (χ4n) is 2.52. The molecule has 2 amide bonds. The Bertz CT molecular complexity index is 811. The monoisotopic (exact) mass is 380 g/mol. The highest BCUT2D eigenvalue weighted by Crippen LogP contribution is 2.40. The third kappa shape index (κ3) is 4.30. The van der Waals surface area contributed by atoms with Gasteiger partial charge in [-0.15, -0.1) is 0 Å². The summed E-state index contributed by atoms with van der Waals surface area (Å²) in [7, 11) is 0. The molecule has 0 spiro atoms. The molecule has 1 aliphatic rings. The lowest BCUT2D eigenvalue weighted by Crippen LogP contribution is -2.27. The van der Waals surface area contributed by atoms with Gasteiger partial charge in [0.2, 0.25) is 11.8 Å². The van der Waals surface area contributed by atoms with Crippen molar-refractivity contribution in [2.45, 2.75) is 13.0 Å². The molecule has 0 heterocycles. The Hall–Kier alpha value is -2.11. The number of amides is 2. The molecule has 0 bridgehead atoms. The maximum Gasteiger partial charge on any atom is 0.228 e. The van der Waals surface area contributed by atoms with Gasteiger partial charge in [0.1, 0.15) is 5.82 Å². The fraction of sp³-hybridized carbons (Fsp3) is 0.222. The van der Waals surface area contributed by atoms with Crippen LogP contribution >= 0.6 is 23.2 Å². The molecule has 0 radical (unpaired) electrons. The van der Waals surface area contributed by atoms with Crippen molar-refractivity contribution in [2.24, 2.45) is 11.8 Å². The van der Waals surface area contributed by atoms with Crippen LogP contribution in [0.3, 0.4) is 0 Å². The molecule has 2 aromatic rings. The Morgan fingerprint density at radius 3 is 2.44 bits per heavy atom. The van der Waals surface area contributed by atoms with Crippen LogP contribution in [0.1, 0.15) is 12.0 Å². The SMILES string of the molecule is O=C(NCc1ccc(F)cc1)C1CC1C(=O)Nc1cccc(Cl)c1Cl. The normalized spacial score (nSPS) is 18.5. The Kier molecular flexibility index (Phi) is 5.25. The van der Waals surface area contributed by atoms with Gasteiger partial charge in [-0.25, -0.2) is 4.39 Å². The third-order valence-electron chi connectivity index (χ3n) is 4.05. The lowest BCUT2D eigenvalue weighted by molar-refractivity contribution is -0.125. The van der Waals surface area contributed by atoms with E-state index >= 15 is 0 Å². The van der Waals surface area contributed by atoms with Gasteiger partial charge in [-0.1, -0.05) is 41.4 Å². The fourth-order valence-corrected chi connectivity index (χ4v) is 2.87. The molecule has 7 heteroatoms. The van der Waals surface area contributed by atoms with Gasteiger partial charge in [-0.3, -0.25) is 9.59 Å². The first kappa shape index (κ1) is 17.7. The van der Waals surface area contributed by atoms with E-state index in [1.807, 2.05) is 0 Å². The Morgan fingerprint density at radius 2 is 1.72 bits per heavy atom. The molecule has 3 rings (SSSR count). The van der Waals surface area contributed by atoms with Gasteiger partial charge in [0.05, 0.1) is 27.6 Å². The number of nitrogens with one attached hydrogen (secondary N) is 2. The number of hydrogen-bond donors (Lipinski definition) is 2. The predicted molar refractivity (Wildman–Crippen MR) is 94.9 cm³/mol. The highest BCUT2D eigenvalue weighted by molar-refractivity contribution is 6.44. The summed E-state index contributed by atoms with van der Waals surface area (Å²) < 4.78 is 12.8. The van der Waals surface area contributed by atoms with Gasteiger partial charge in [-0.05, 0) is 36.2 Å². The highest BCUT2D eigenvalue weighted by Gasteiger charge is 2.48. The second kappa shape index (κ2) is 7.42. The molecule has 130 valence electrons. The van der Waals surface area contributed by atoms with Crippen LogP contribution in [0.25, 0.3) is 0 Å². The van der Waals surface area contributed by atoms with E-state index in [2.05, 4.69) is 10.6 Å². The molecule has 0 aliphatic heterocycles. The predicted octanol–water partition coefficient (Wildman–Crippen LogP) is 4.02. The topological polar surface area (TPSA) is 58.2 Å². The smallest absolute Gasteiger partial charge is 0.228 e. The summed E-state index contributed by atoms with van der Waals surface area (Å²) in [5, 5.41) is 6.09. The summed E-state index contributed by atoms with van der Waals surface area (Å²) in [5.74, 6) is -1.52. The summed E-state index contributed by atoms with van der Waals surface area (Å²) >= 11 is 11.9. The van der Waals surface area contributed by atoms with Crippen molar-refractivity contribution in [3.05, 3.63) is 63.9 Å². The largest absolute Gasteiger partial charge is 0.352 e. The first-order chi connectivity index (χ1) is 12.0. The van der Waals surface area contributed by atoms with Crippen LogP contribution in [-0.4, -0.2) is 11.8 Å². The lowest BCUT2D eigenvalue weighted by atomic mass is 10.2. The average molecular weight is 381 g/mol. The van der Waals surface area contributed by atoms with Gasteiger partial charge in [0.25, 0.3) is 0 Å². The third-order valence-corrected chi connectivity index (χ3v) is 4.87. The van der Waals surface area contributed by atoms with Crippen LogP contribution in [-0.2, 0) is 16.1 Å². The van der Waals surface area contributed by atoms with Crippen LogP contribution in [0.5, 0.6) is 0 Å². The second-order valence-corrected chi connectivity index (χ2v) is 6.67. The zero-order valence-corrected chi connectivity index (χ0v) is 14.6. The number of rotatable bonds is 5. The summed E-state index contributed by atoms with van der Waals surface area (Å²) in [6, 6.07) is 10.8. The lowest BCUT2D eigenvalue weighted by Gasteiger charge is -2.08. The van der Waals surface area contributed by atoms with Crippen molar-refractivity contribution >= 4 is 40.7 Å². The zero-order valence-electron chi connectivity index (χ0n) is 13.1. The minimum absolute atomic E-state index is 0.193. The van der Waals surface area contributed by atoms with Crippen LogP contribution < -0.4 is 10.6 Å². The molecule has 2 aromatic carbocycles. The van der Waals surface area contributed by atoms with Crippen molar-refractivity contribution in [3.63, 3.8) is 0 Å². The van der Waals surface area contributed by atoms with E-state index in [0.29, 0.717) is 23.7 Å². The van der Waals surface area contributed by atoms with Gasteiger partial charge in [0.15, 0.2) is 0 Å². The highest BCUT2D eigenvalue weighted by atomic mass is 35.5. The van der Waals surface area contributed by atoms with Crippen LogP contribution in [0, 0.1) is 17.7 Å². The van der Waals surface area contributed by atoms with E-state index in [0.717, 1.165) is 5.56 Å². The van der Waals surface area contributed by atoms with Crippen molar-refractivity contribution in [1.29, 1.82) is 0 Å². The molecule has 0 saturated heterocycles. The summed E-state index contributed by atoms with van der Waals surface area (Å²) in [4.78, 5) is 24.4. The van der Waals surface area contributed by atoms with E-state index in [-0.39, 0.29) is 34.5 Å². The van der Waals surface area contributed by atoms with Crippen LogP contribution in [0.15, 0.2) is 42.5 Å². The summed E-state index contributed by atoms with van der Waals surface area (Å²) in [6.07, 6.45) is 0.485. The second-order valence-electron chi connectivity index (χ2n) is 5.88. The number of anilines is 1. The zero-order chi connectivity index (χ0) is 18.0. The molecule has 25 heavy (non-hydrogen) atoms. The Labute approximate surface area is 154 Å². The standard InChI is InChI=1S/C18H15Cl2FN2O2/c19-14-2-1-3-15(16(14)20)23-18(25)13-8-12(13)17(24)22-9-10-4-6-11(21)7-5-10/h1-7,12-13H,8-9H2,(H,22,24)(H,23,25). The number of halogens is 3. The molecule has 2 atom stereocenters. The molecule has 1 fully saturated rings. The summed E-state index contributed by atoms with van der Waals surface area (Å²) in [5.41, 5.74) is 1.22. The van der Waals surface area contributed by atoms with Crippen molar-refractivity contribution in [3.8, 4) is 0 Å². The minimum atomic E-state index is -0.386. The van der Waals surface area contributed by atoms with Crippen LogP contribution in [0.4, 0.5) is 10.1 Å². The quantitative estimate of drug-likeness (QED) is 0.822. The van der Waals surface area contributed by atoms with Crippen molar-refractivity contribution in [2.75, 3.05) is 5.32 Å². The number of benzene rings is 2. The van der Waals surface area contributed by atoms with Gasteiger partial charge < -0.3 is 10.6 Å². The molecular weight excluding hydrogens is 366 g/mol. The molecule has 2 unspecified atom stereocenters. The van der Waals surface area contributed by atoms with Crippen molar-refractivity contribution < 1.29 is 14.0 Å². The van der Waals surface area contributed by atoms with Crippen molar-refractivity contribution in [1.82, 2.24) is 5.32 Å². The molecular formula is C18H15Cl2FN2O2. The van der Waals surface area contributed by atoms with E-state index in [1.54, 1.807) is 30.3 Å². The van der Waals surface area contributed by atoms with Gasteiger partial charge in [-0.2, -0.15) is 0 Å². The van der Waals surface area contributed by atoms with Gasteiger partial charge >= 0.3 is 0 Å².